The van der Waals surface area contributed by atoms with Gasteiger partial charge < -0.3 is 20.5 Å². The van der Waals surface area contributed by atoms with Gasteiger partial charge in [-0.1, -0.05) is 0 Å². The molecule has 1 fully saturated rings. The number of carboxylic acid groups (broad SMARTS) is 1. The average Bonchev–Trinajstić information content (AvgIpc) is 2.28. The van der Waals surface area contributed by atoms with E-state index in [1.165, 1.54) is 0 Å². The number of hydrogen-bond donors (Lipinski definition) is 3. The first-order valence-corrected chi connectivity index (χ1v) is 6.69. The van der Waals surface area contributed by atoms with Crippen LogP contribution in [0.1, 0.15) is 40.0 Å². The van der Waals surface area contributed by atoms with E-state index in [9.17, 15) is 14.4 Å². The van der Waals surface area contributed by atoms with Crippen molar-refractivity contribution in [3.05, 3.63) is 0 Å². The summed E-state index contributed by atoms with van der Waals surface area (Å²) < 4.78 is 5.02. The molecule has 0 bridgehead atoms. The summed E-state index contributed by atoms with van der Waals surface area (Å²) in [7, 11) is 0. The monoisotopic (exact) mass is 286 g/mol. The number of carbonyl (C=O) groups excluding carboxylic acids is 2. The third-order valence-electron chi connectivity index (χ3n) is 2.91. The molecule has 7 heteroatoms. The van der Waals surface area contributed by atoms with E-state index in [-0.39, 0.29) is 18.2 Å². The van der Waals surface area contributed by atoms with Crippen molar-refractivity contribution in [2.24, 2.45) is 5.92 Å². The van der Waals surface area contributed by atoms with Crippen LogP contribution in [0.25, 0.3) is 0 Å². The number of hydrogen-bond acceptors (Lipinski definition) is 4. The summed E-state index contributed by atoms with van der Waals surface area (Å²) in [5.74, 6) is -1.72. The highest BCUT2D eigenvalue weighted by Crippen LogP contribution is 2.18. The van der Waals surface area contributed by atoms with Crippen molar-refractivity contribution in [2.45, 2.75) is 51.7 Å². The third-order valence-corrected chi connectivity index (χ3v) is 2.91. The molecular formula is C13H22N2O5. The van der Waals surface area contributed by atoms with Crippen molar-refractivity contribution >= 4 is 18.0 Å². The minimum absolute atomic E-state index is 0.0699. The molecular weight excluding hydrogens is 264 g/mol. The Labute approximate surface area is 118 Å². The number of alkyl carbamates (subject to hydrolysis) is 1. The SMILES string of the molecule is CC(C)(C)OC(=O)NC(C[C@@H]1CCCNC1=O)C(=O)O. The van der Waals surface area contributed by atoms with Crippen LogP contribution in [0.5, 0.6) is 0 Å². The molecule has 1 aliphatic rings. The van der Waals surface area contributed by atoms with E-state index in [1.54, 1.807) is 20.8 Å². The highest BCUT2D eigenvalue weighted by molar-refractivity contribution is 5.83. The molecule has 1 aliphatic heterocycles. The van der Waals surface area contributed by atoms with Crippen LogP contribution >= 0.6 is 0 Å². The van der Waals surface area contributed by atoms with E-state index in [0.29, 0.717) is 13.0 Å². The summed E-state index contributed by atoms with van der Waals surface area (Å²) in [4.78, 5) is 34.4. The molecule has 1 heterocycles. The normalized spacial score (nSPS) is 20.8. The van der Waals surface area contributed by atoms with E-state index in [4.69, 9.17) is 9.84 Å². The second-order valence-electron chi connectivity index (χ2n) is 5.90. The lowest BCUT2D eigenvalue weighted by Crippen LogP contribution is -2.47. The molecule has 0 aromatic carbocycles. The highest BCUT2D eigenvalue weighted by atomic mass is 16.6. The molecule has 1 rings (SSSR count). The van der Waals surface area contributed by atoms with Gasteiger partial charge in [-0.2, -0.15) is 0 Å². The lowest BCUT2D eigenvalue weighted by Gasteiger charge is -2.26. The molecule has 20 heavy (non-hydrogen) atoms. The Morgan fingerprint density at radius 1 is 1.50 bits per heavy atom. The molecule has 1 saturated heterocycles. The number of amides is 2. The van der Waals surface area contributed by atoms with Gasteiger partial charge in [0.05, 0.1) is 0 Å². The Morgan fingerprint density at radius 3 is 2.65 bits per heavy atom. The predicted octanol–water partition coefficient (Wildman–Crippen LogP) is 0.881. The quantitative estimate of drug-likeness (QED) is 0.711. The van der Waals surface area contributed by atoms with E-state index in [0.717, 1.165) is 6.42 Å². The number of carbonyl (C=O) groups is 3. The minimum Gasteiger partial charge on any atom is -0.480 e. The summed E-state index contributed by atoms with van der Waals surface area (Å²) in [5, 5.41) is 14.1. The fourth-order valence-corrected chi connectivity index (χ4v) is 2.02. The maximum absolute atomic E-state index is 11.6. The Kier molecular flexibility index (Phi) is 5.35. The van der Waals surface area contributed by atoms with E-state index < -0.39 is 23.7 Å². The lowest BCUT2D eigenvalue weighted by atomic mass is 9.91. The van der Waals surface area contributed by atoms with Crippen LogP contribution in [0.2, 0.25) is 0 Å². The molecule has 2 atom stereocenters. The molecule has 0 aromatic rings. The molecule has 0 radical (unpaired) electrons. The molecule has 0 aliphatic carbocycles. The Balaban J connectivity index is 2.58. The highest BCUT2D eigenvalue weighted by Gasteiger charge is 2.31. The molecule has 7 nitrogen and oxygen atoms in total. The first kappa shape index (κ1) is 16.3. The number of piperidine rings is 1. The summed E-state index contributed by atoms with van der Waals surface area (Å²) in [6.45, 7) is 5.69. The number of carboxylic acids is 1. The van der Waals surface area contributed by atoms with Crippen LogP contribution in [-0.4, -0.2) is 41.3 Å². The zero-order valence-corrected chi connectivity index (χ0v) is 12.1. The lowest BCUT2D eigenvalue weighted by molar-refractivity contribution is -0.140. The molecule has 114 valence electrons. The van der Waals surface area contributed by atoms with Crippen molar-refractivity contribution in [3.63, 3.8) is 0 Å². The smallest absolute Gasteiger partial charge is 0.408 e. The molecule has 2 amide bonds. The largest absolute Gasteiger partial charge is 0.480 e. The summed E-state index contributed by atoms with van der Waals surface area (Å²) in [6.07, 6.45) is 0.724. The van der Waals surface area contributed by atoms with Crippen molar-refractivity contribution < 1.29 is 24.2 Å². The first-order valence-electron chi connectivity index (χ1n) is 6.69. The van der Waals surface area contributed by atoms with Gasteiger partial charge in [0.2, 0.25) is 5.91 Å². The van der Waals surface area contributed by atoms with Crippen molar-refractivity contribution in [3.8, 4) is 0 Å². The Bertz CT molecular complexity index is 389. The second kappa shape index (κ2) is 6.58. The van der Waals surface area contributed by atoms with Gasteiger partial charge in [0.1, 0.15) is 11.6 Å². The van der Waals surface area contributed by atoms with E-state index >= 15 is 0 Å². The number of rotatable bonds is 4. The standard InChI is InChI=1S/C13H22N2O5/c1-13(2,3)20-12(19)15-9(11(17)18)7-8-5-4-6-14-10(8)16/h8-9H,4-7H2,1-3H3,(H,14,16)(H,15,19)(H,17,18)/t8-,9?/m0/s1. The molecule has 0 saturated carbocycles. The third kappa shape index (κ3) is 5.46. The van der Waals surface area contributed by atoms with Gasteiger partial charge in [0.25, 0.3) is 0 Å². The Hall–Kier alpha value is -1.79. The maximum Gasteiger partial charge on any atom is 0.408 e. The molecule has 0 aromatic heterocycles. The van der Waals surface area contributed by atoms with Crippen molar-refractivity contribution in [1.29, 1.82) is 0 Å². The summed E-state index contributed by atoms with van der Waals surface area (Å²) >= 11 is 0. The summed E-state index contributed by atoms with van der Waals surface area (Å²) in [5.41, 5.74) is -0.699. The number of ether oxygens (including phenoxy) is 1. The fraction of sp³-hybridized carbons (Fsp3) is 0.769. The van der Waals surface area contributed by atoms with Crippen LogP contribution < -0.4 is 10.6 Å². The summed E-state index contributed by atoms with van der Waals surface area (Å²) in [6, 6.07) is -1.13. The van der Waals surface area contributed by atoms with E-state index in [2.05, 4.69) is 10.6 Å². The molecule has 0 spiro atoms. The van der Waals surface area contributed by atoms with E-state index in [1.807, 2.05) is 0 Å². The predicted molar refractivity (Wildman–Crippen MR) is 71.1 cm³/mol. The van der Waals surface area contributed by atoms with Crippen molar-refractivity contribution in [2.75, 3.05) is 6.54 Å². The molecule has 3 N–H and O–H groups in total. The zero-order chi connectivity index (χ0) is 15.3. The van der Waals surface area contributed by atoms with Crippen LogP contribution in [-0.2, 0) is 14.3 Å². The zero-order valence-electron chi connectivity index (χ0n) is 12.1. The van der Waals surface area contributed by atoms with Crippen LogP contribution in [0.15, 0.2) is 0 Å². The second-order valence-corrected chi connectivity index (χ2v) is 5.90. The van der Waals surface area contributed by atoms with Crippen LogP contribution in [0.3, 0.4) is 0 Å². The van der Waals surface area contributed by atoms with Gasteiger partial charge in [-0.05, 0) is 40.0 Å². The van der Waals surface area contributed by atoms with Crippen molar-refractivity contribution in [1.82, 2.24) is 10.6 Å². The van der Waals surface area contributed by atoms with Gasteiger partial charge in [-0.15, -0.1) is 0 Å². The van der Waals surface area contributed by atoms with Gasteiger partial charge in [-0.3, -0.25) is 4.79 Å². The molecule has 1 unspecified atom stereocenters. The van der Waals surface area contributed by atoms with Gasteiger partial charge >= 0.3 is 12.1 Å². The van der Waals surface area contributed by atoms with Crippen LogP contribution in [0, 0.1) is 5.92 Å². The van der Waals surface area contributed by atoms with Crippen LogP contribution in [0.4, 0.5) is 4.79 Å². The first-order chi connectivity index (χ1) is 9.19. The van der Waals surface area contributed by atoms with Gasteiger partial charge in [0, 0.05) is 12.5 Å². The number of aliphatic carboxylic acids is 1. The van der Waals surface area contributed by atoms with Gasteiger partial charge in [0.15, 0.2) is 0 Å². The fourth-order valence-electron chi connectivity index (χ4n) is 2.02. The minimum atomic E-state index is -1.17. The van der Waals surface area contributed by atoms with Gasteiger partial charge in [-0.25, -0.2) is 9.59 Å². The Morgan fingerprint density at radius 2 is 2.15 bits per heavy atom. The maximum atomic E-state index is 11.6. The average molecular weight is 286 g/mol. The number of nitrogens with one attached hydrogen (secondary N) is 2. The topological polar surface area (TPSA) is 105 Å².